The topological polar surface area (TPSA) is 80.0 Å². The standard InChI is InChI=1S/C11H19NO5S/c1-9(2)16-7-6-12(3)18(14,15)11-5-4-10(8-13)17-11/h4-5,9,13H,6-8H2,1-3H3. The molecule has 1 aromatic heterocycles. The number of ether oxygens (including phenoxy) is 1. The number of furan rings is 1. The van der Waals surface area contributed by atoms with Gasteiger partial charge in [-0.05, 0) is 26.0 Å². The van der Waals surface area contributed by atoms with E-state index in [2.05, 4.69) is 0 Å². The molecular formula is C11H19NO5S. The molecule has 0 saturated carbocycles. The van der Waals surface area contributed by atoms with Crippen molar-refractivity contribution in [2.24, 2.45) is 0 Å². The lowest BCUT2D eigenvalue weighted by Crippen LogP contribution is -2.30. The van der Waals surface area contributed by atoms with Crippen LogP contribution in [-0.4, -0.2) is 44.1 Å². The summed E-state index contributed by atoms with van der Waals surface area (Å²) in [6.45, 7) is 4.01. The lowest BCUT2D eigenvalue weighted by Gasteiger charge is -2.16. The van der Waals surface area contributed by atoms with Gasteiger partial charge in [0.2, 0.25) is 5.09 Å². The smallest absolute Gasteiger partial charge is 0.276 e. The van der Waals surface area contributed by atoms with E-state index in [-0.39, 0.29) is 30.1 Å². The van der Waals surface area contributed by atoms with Crippen molar-refractivity contribution in [1.29, 1.82) is 0 Å². The van der Waals surface area contributed by atoms with Gasteiger partial charge in [0.25, 0.3) is 10.0 Å². The Morgan fingerprint density at radius 2 is 2.11 bits per heavy atom. The van der Waals surface area contributed by atoms with E-state index >= 15 is 0 Å². The van der Waals surface area contributed by atoms with Crippen molar-refractivity contribution in [1.82, 2.24) is 4.31 Å². The second-order valence-corrected chi connectivity index (χ2v) is 6.10. The van der Waals surface area contributed by atoms with Gasteiger partial charge in [0.05, 0.1) is 12.7 Å². The van der Waals surface area contributed by atoms with Crippen molar-refractivity contribution >= 4 is 10.0 Å². The largest absolute Gasteiger partial charge is 0.446 e. The van der Waals surface area contributed by atoms with Crippen LogP contribution in [0, 0.1) is 0 Å². The summed E-state index contributed by atoms with van der Waals surface area (Å²) in [6.07, 6.45) is 0.0608. The summed E-state index contributed by atoms with van der Waals surface area (Å²) in [7, 11) is -2.19. The summed E-state index contributed by atoms with van der Waals surface area (Å²) in [5, 5.41) is 8.67. The maximum atomic E-state index is 12.0. The molecule has 0 aliphatic heterocycles. The van der Waals surface area contributed by atoms with Gasteiger partial charge in [0.15, 0.2) is 0 Å². The minimum atomic E-state index is -3.65. The first-order valence-electron chi connectivity index (χ1n) is 5.65. The number of hydrogen-bond donors (Lipinski definition) is 1. The van der Waals surface area contributed by atoms with Gasteiger partial charge in [-0.1, -0.05) is 0 Å². The monoisotopic (exact) mass is 277 g/mol. The molecule has 0 fully saturated rings. The molecule has 1 rings (SSSR count). The maximum absolute atomic E-state index is 12.0. The molecule has 0 atom stereocenters. The normalized spacial score (nSPS) is 12.6. The van der Waals surface area contributed by atoms with Gasteiger partial charge >= 0.3 is 0 Å². The lowest BCUT2D eigenvalue weighted by molar-refractivity contribution is 0.0735. The third-order valence-corrected chi connectivity index (χ3v) is 4.05. The number of hydrogen-bond acceptors (Lipinski definition) is 5. The first-order chi connectivity index (χ1) is 8.37. The Labute approximate surface area is 107 Å². The number of aliphatic hydroxyl groups excluding tert-OH is 1. The fourth-order valence-electron chi connectivity index (χ4n) is 1.27. The van der Waals surface area contributed by atoms with E-state index in [9.17, 15) is 8.42 Å². The summed E-state index contributed by atoms with van der Waals surface area (Å²) in [6, 6.07) is 2.77. The zero-order chi connectivity index (χ0) is 13.8. The third-order valence-electron chi connectivity index (χ3n) is 2.31. The lowest BCUT2D eigenvalue weighted by atomic mass is 10.5. The number of likely N-dealkylation sites (N-methyl/N-ethyl adjacent to an activating group) is 1. The van der Waals surface area contributed by atoms with Crippen LogP contribution in [0.3, 0.4) is 0 Å². The van der Waals surface area contributed by atoms with Crippen LogP contribution in [-0.2, 0) is 21.4 Å². The fourth-order valence-corrected chi connectivity index (χ4v) is 2.35. The number of aliphatic hydroxyl groups is 1. The van der Waals surface area contributed by atoms with Gasteiger partial charge in [-0.2, -0.15) is 4.31 Å². The molecule has 6 nitrogen and oxygen atoms in total. The molecule has 0 amide bonds. The number of nitrogens with zero attached hydrogens (tertiary/aromatic N) is 1. The molecule has 0 spiro atoms. The van der Waals surface area contributed by atoms with Crippen LogP contribution in [0.25, 0.3) is 0 Å². The molecule has 1 aromatic rings. The van der Waals surface area contributed by atoms with Gasteiger partial charge in [-0.15, -0.1) is 0 Å². The molecule has 0 saturated heterocycles. The molecule has 0 bridgehead atoms. The average Bonchev–Trinajstić information content (AvgIpc) is 2.77. The molecule has 0 aliphatic rings. The van der Waals surface area contributed by atoms with E-state index in [0.29, 0.717) is 6.61 Å². The Morgan fingerprint density at radius 1 is 1.44 bits per heavy atom. The van der Waals surface area contributed by atoms with E-state index in [1.165, 1.54) is 19.2 Å². The Balaban J connectivity index is 2.67. The molecule has 0 aromatic carbocycles. The highest BCUT2D eigenvalue weighted by Crippen LogP contribution is 2.17. The predicted octanol–water partition coefficient (Wildman–Crippen LogP) is 0.817. The molecule has 0 unspecified atom stereocenters. The fraction of sp³-hybridized carbons (Fsp3) is 0.636. The molecule has 1 N–H and O–H groups in total. The Morgan fingerprint density at radius 3 is 2.61 bits per heavy atom. The SMILES string of the molecule is CC(C)OCCN(C)S(=O)(=O)c1ccc(CO)o1. The Bertz CT molecular complexity index is 466. The van der Waals surface area contributed by atoms with E-state index in [0.717, 1.165) is 4.31 Å². The quantitative estimate of drug-likeness (QED) is 0.798. The molecule has 18 heavy (non-hydrogen) atoms. The van der Waals surface area contributed by atoms with Gasteiger partial charge < -0.3 is 14.3 Å². The Hall–Kier alpha value is -0.890. The highest BCUT2D eigenvalue weighted by molar-refractivity contribution is 7.89. The predicted molar refractivity (Wildman–Crippen MR) is 65.5 cm³/mol. The molecule has 0 radical (unpaired) electrons. The second-order valence-electron chi connectivity index (χ2n) is 4.12. The van der Waals surface area contributed by atoms with E-state index < -0.39 is 10.0 Å². The van der Waals surface area contributed by atoms with Gasteiger partial charge in [-0.3, -0.25) is 0 Å². The van der Waals surface area contributed by atoms with Gasteiger partial charge in [-0.25, -0.2) is 8.42 Å². The molecule has 1 heterocycles. The second kappa shape index (κ2) is 6.33. The van der Waals surface area contributed by atoms with Crippen molar-refractivity contribution < 1.29 is 22.7 Å². The third kappa shape index (κ3) is 3.81. The highest BCUT2D eigenvalue weighted by atomic mass is 32.2. The van der Waals surface area contributed by atoms with Crippen molar-refractivity contribution in [3.63, 3.8) is 0 Å². The van der Waals surface area contributed by atoms with Crippen LogP contribution in [0.15, 0.2) is 21.6 Å². The average molecular weight is 277 g/mol. The van der Waals surface area contributed by atoms with Crippen molar-refractivity contribution in [2.75, 3.05) is 20.2 Å². The summed E-state index contributed by atoms with van der Waals surface area (Å²) in [5.74, 6) is 0.223. The Kier molecular flexibility index (Phi) is 5.33. The summed E-state index contributed by atoms with van der Waals surface area (Å²) < 4.78 is 35.5. The summed E-state index contributed by atoms with van der Waals surface area (Å²) in [4.78, 5) is 0. The first-order valence-corrected chi connectivity index (χ1v) is 7.09. The minimum absolute atomic E-state index is 0.0608. The summed E-state index contributed by atoms with van der Waals surface area (Å²) in [5.41, 5.74) is 0. The van der Waals surface area contributed by atoms with Crippen LogP contribution in [0.2, 0.25) is 0 Å². The van der Waals surface area contributed by atoms with Crippen molar-refractivity contribution in [3.05, 3.63) is 17.9 Å². The molecular weight excluding hydrogens is 258 g/mol. The minimum Gasteiger partial charge on any atom is -0.446 e. The molecule has 104 valence electrons. The molecule has 0 aliphatic carbocycles. The van der Waals surface area contributed by atoms with E-state index in [1.807, 2.05) is 13.8 Å². The van der Waals surface area contributed by atoms with Crippen molar-refractivity contribution in [2.45, 2.75) is 31.7 Å². The highest BCUT2D eigenvalue weighted by Gasteiger charge is 2.24. The van der Waals surface area contributed by atoms with Crippen LogP contribution < -0.4 is 0 Å². The zero-order valence-electron chi connectivity index (χ0n) is 10.8. The first kappa shape index (κ1) is 15.2. The van der Waals surface area contributed by atoms with Crippen LogP contribution >= 0.6 is 0 Å². The van der Waals surface area contributed by atoms with Gasteiger partial charge in [0.1, 0.15) is 12.4 Å². The molecule has 7 heteroatoms. The van der Waals surface area contributed by atoms with Crippen LogP contribution in [0.4, 0.5) is 0 Å². The van der Waals surface area contributed by atoms with Gasteiger partial charge in [0, 0.05) is 13.6 Å². The van der Waals surface area contributed by atoms with Crippen LogP contribution in [0.5, 0.6) is 0 Å². The van der Waals surface area contributed by atoms with E-state index in [4.69, 9.17) is 14.3 Å². The number of sulfonamides is 1. The number of rotatable bonds is 7. The van der Waals surface area contributed by atoms with Crippen molar-refractivity contribution in [3.8, 4) is 0 Å². The van der Waals surface area contributed by atoms with E-state index in [1.54, 1.807) is 0 Å². The summed E-state index contributed by atoms with van der Waals surface area (Å²) >= 11 is 0. The van der Waals surface area contributed by atoms with Crippen LogP contribution in [0.1, 0.15) is 19.6 Å². The maximum Gasteiger partial charge on any atom is 0.276 e. The zero-order valence-corrected chi connectivity index (χ0v) is 11.6.